The Morgan fingerprint density at radius 3 is 2.61 bits per heavy atom. The van der Waals surface area contributed by atoms with Crippen LogP contribution in [-0.4, -0.2) is 46.6 Å². The van der Waals surface area contributed by atoms with E-state index >= 15 is 0 Å². The van der Waals surface area contributed by atoms with Crippen molar-refractivity contribution >= 4 is 46.9 Å². The van der Waals surface area contributed by atoms with Crippen molar-refractivity contribution < 1.29 is 19.1 Å². The summed E-state index contributed by atoms with van der Waals surface area (Å²) in [6, 6.07) is 10.7. The van der Waals surface area contributed by atoms with E-state index < -0.39 is 0 Å². The highest BCUT2D eigenvalue weighted by Gasteiger charge is 2.14. The standard InChI is InChI=1S/C25H28ClN5O4S/c1-5-31-22(14-27-23(32)11-8-17-7-10-20(34-3)21(12-17)35-4)29-30-25(31)36-15-24(33)28-19-13-18(26)9-6-16(19)2/h6-13H,5,14-15H2,1-4H3,(H,27,32)(H,28,33). The Labute approximate surface area is 219 Å². The van der Waals surface area contributed by atoms with Crippen molar-refractivity contribution in [2.75, 3.05) is 25.3 Å². The molecule has 0 aliphatic heterocycles. The zero-order valence-electron chi connectivity index (χ0n) is 20.5. The molecular weight excluding hydrogens is 502 g/mol. The van der Waals surface area contributed by atoms with Gasteiger partial charge in [0.25, 0.3) is 0 Å². The van der Waals surface area contributed by atoms with Gasteiger partial charge in [-0.3, -0.25) is 9.59 Å². The quantitative estimate of drug-likeness (QED) is 0.281. The van der Waals surface area contributed by atoms with Crippen molar-refractivity contribution in [2.45, 2.75) is 32.1 Å². The molecule has 1 aromatic heterocycles. The molecule has 2 aromatic carbocycles. The topological polar surface area (TPSA) is 107 Å². The van der Waals surface area contributed by atoms with E-state index in [1.807, 2.05) is 30.5 Å². The van der Waals surface area contributed by atoms with Gasteiger partial charge in [0.1, 0.15) is 0 Å². The van der Waals surface area contributed by atoms with Crippen LogP contribution in [0.2, 0.25) is 5.02 Å². The fourth-order valence-corrected chi connectivity index (χ4v) is 4.27. The van der Waals surface area contributed by atoms with Crippen molar-refractivity contribution in [3.63, 3.8) is 0 Å². The Bertz CT molecular complexity index is 1260. The number of hydrogen-bond acceptors (Lipinski definition) is 7. The van der Waals surface area contributed by atoms with Gasteiger partial charge >= 0.3 is 0 Å². The number of ether oxygens (including phenoxy) is 2. The number of benzene rings is 2. The second-order valence-corrected chi connectivity index (χ2v) is 8.98. The summed E-state index contributed by atoms with van der Waals surface area (Å²) in [5, 5.41) is 15.2. The van der Waals surface area contributed by atoms with Crippen molar-refractivity contribution in [3.05, 3.63) is 64.4 Å². The Hall–Kier alpha value is -3.50. The Balaban J connectivity index is 1.55. The predicted molar refractivity (Wildman–Crippen MR) is 142 cm³/mol. The van der Waals surface area contributed by atoms with E-state index in [-0.39, 0.29) is 24.1 Å². The lowest BCUT2D eigenvalue weighted by Gasteiger charge is -2.10. The van der Waals surface area contributed by atoms with Crippen LogP contribution in [0.5, 0.6) is 11.5 Å². The number of hydrogen-bond donors (Lipinski definition) is 2. The number of nitrogens with one attached hydrogen (secondary N) is 2. The molecule has 2 amide bonds. The fraction of sp³-hybridized carbons (Fsp3) is 0.280. The number of halogens is 1. The van der Waals surface area contributed by atoms with Gasteiger partial charge in [-0.2, -0.15) is 0 Å². The van der Waals surface area contributed by atoms with E-state index in [0.29, 0.717) is 39.7 Å². The van der Waals surface area contributed by atoms with E-state index in [9.17, 15) is 9.59 Å². The molecule has 0 bridgehead atoms. The Kier molecular flexibility index (Phi) is 9.77. The molecule has 0 spiro atoms. The Morgan fingerprint density at radius 1 is 1.11 bits per heavy atom. The summed E-state index contributed by atoms with van der Waals surface area (Å²) < 4.78 is 12.4. The zero-order chi connectivity index (χ0) is 26.1. The van der Waals surface area contributed by atoms with Crippen LogP contribution >= 0.6 is 23.4 Å². The number of thioether (sulfide) groups is 1. The smallest absolute Gasteiger partial charge is 0.244 e. The molecule has 36 heavy (non-hydrogen) atoms. The van der Waals surface area contributed by atoms with Gasteiger partial charge in [-0.15, -0.1) is 10.2 Å². The van der Waals surface area contributed by atoms with E-state index in [2.05, 4.69) is 20.8 Å². The molecule has 11 heteroatoms. The molecule has 1 heterocycles. The zero-order valence-corrected chi connectivity index (χ0v) is 22.1. The van der Waals surface area contributed by atoms with Gasteiger partial charge in [0.2, 0.25) is 11.8 Å². The number of aryl methyl sites for hydroxylation is 1. The summed E-state index contributed by atoms with van der Waals surface area (Å²) in [5.74, 6) is 1.50. The first kappa shape index (κ1) is 27.1. The fourth-order valence-electron chi connectivity index (χ4n) is 3.27. The molecule has 0 saturated heterocycles. The number of anilines is 1. The number of methoxy groups -OCH3 is 2. The number of carbonyl (C=O) groups is 2. The third kappa shape index (κ3) is 7.25. The maximum Gasteiger partial charge on any atom is 0.244 e. The summed E-state index contributed by atoms with van der Waals surface area (Å²) in [5.41, 5.74) is 2.40. The van der Waals surface area contributed by atoms with E-state index in [4.69, 9.17) is 21.1 Å². The monoisotopic (exact) mass is 529 g/mol. The van der Waals surface area contributed by atoms with Crippen LogP contribution in [0.4, 0.5) is 5.69 Å². The average Bonchev–Trinajstić information content (AvgIpc) is 3.28. The first-order valence-corrected chi connectivity index (χ1v) is 12.5. The number of nitrogens with zero attached hydrogens (tertiary/aromatic N) is 3. The van der Waals surface area contributed by atoms with Crippen LogP contribution in [0.25, 0.3) is 6.08 Å². The van der Waals surface area contributed by atoms with Crippen molar-refractivity contribution in [1.82, 2.24) is 20.1 Å². The number of carbonyl (C=O) groups excluding carboxylic acids is 2. The van der Waals surface area contributed by atoms with E-state index in [1.165, 1.54) is 17.8 Å². The molecule has 3 aromatic rings. The second-order valence-electron chi connectivity index (χ2n) is 7.60. The van der Waals surface area contributed by atoms with Gasteiger partial charge in [0, 0.05) is 23.3 Å². The van der Waals surface area contributed by atoms with Crippen LogP contribution in [0.3, 0.4) is 0 Å². The third-order valence-corrected chi connectivity index (χ3v) is 6.37. The average molecular weight is 530 g/mol. The van der Waals surface area contributed by atoms with Crippen LogP contribution in [0.1, 0.15) is 23.9 Å². The maximum atomic E-state index is 12.4. The predicted octanol–water partition coefficient (Wildman–Crippen LogP) is 4.34. The number of aromatic nitrogens is 3. The molecular formula is C25H28ClN5O4S. The summed E-state index contributed by atoms with van der Waals surface area (Å²) in [4.78, 5) is 24.8. The Morgan fingerprint density at radius 2 is 1.89 bits per heavy atom. The molecule has 0 unspecified atom stereocenters. The lowest BCUT2D eigenvalue weighted by Crippen LogP contribution is -2.22. The largest absolute Gasteiger partial charge is 0.493 e. The molecule has 190 valence electrons. The number of rotatable bonds is 11. The SMILES string of the molecule is CCn1c(CNC(=O)C=Cc2ccc(OC)c(OC)c2)nnc1SCC(=O)Nc1cc(Cl)ccc1C. The van der Waals surface area contributed by atoms with Crippen LogP contribution in [-0.2, 0) is 22.7 Å². The molecule has 2 N–H and O–H groups in total. The van der Waals surface area contributed by atoms with Crippen LogP contribution < -0.4 is 20.1 Å². The summed E-state index contributed by atoms with van der Waals surface area (Å²) >= 11 is 7.29. The maximum absolute atomic E-state index is 12.4. The minimum atomic E-state index is -0.277. The van der Waals surface area contributed by atoms with Gasteiger partial charge < -0.3 is 24.7 Å². The van der Waals surface area contributed by atoms with Crippen LogP contribution in [0, 0.1) is 6.92 Å². The molecule has 0 fully saturated rings. The molecule has 0 saturated carbocycles. The molecule has 9 nitrogen and oxygen atoms in total. The van der Waals surface area contributed by atoms with E-state index in [0.717, 1.165) is 11.1 Å². The lowest BCUT2D eigenvalue weighted by atomic mass is 10.2. The van der Waals surface area contributed by atoms with Gasteiger partial charge in [-0.25, -0.2) is 0 Å². The molecule has 0 aliphatic rings. The minimum Gasteiger partial charge on any atom is -0.493 e. The third-order valence-electron chi connectivity index (χ3n) is 5.17. The van der Waals surface area contributed by atoms with E-state index in [1.54, 1.807) is 44.6 Å². The van der Waals surface area contributed by atoms with Gasteiger partial charge in [0.05, 0.1) is 26.5 Å². The van der Waals surface area contributed by atoms with Gasteiger partial charge in [-0.05, 0) is 55.3 Å². The number of amides is 2. The summed E-state index contributed by atoms with van der Waals surface area (Å²) in [6.45, 7) is 4.64. The van der Waals surface area contributed by atoms with Gasteiger partial charge in [0.15, 0.2) is 22.5 Å². The van der Waals surface area contributed by atoms with Crippen molar-refractivity contribution in [1.29, 1.82) is 0 Å². The van der Waals surface area contributed by atoms with Crippen LogP contribution in [0.15, 0.2) is 47.6 Å². The summed E-state index contributed by atoms with van der Waals surface area (Å²) in [7, 11) is 3.12. The van der Waals surface area contributed by atoms with Gasteiger partial charge in [-0.1, -0.05) is 35.5 Å². The highest BCUT2D eigenvalue weighted by atomic mass is 35.5. The summed E-state index contributed by atoms with van der Waals surface area (Å²) in [6.07, 6.45) is 3.12. The minimum absolute atomic E-state index is 0.157. The van der Waals surface area contributed by atoms with Crippen molar-refractivity contribution in [3.8, 4) is 11.5 Å². The highest BCUT2D eigenvalue weighted by Crippen LogP contribution is 2.28. The highest BCUT2D eigenvalue weighted by molar-refractivity contribution is 7.99. The first-order chi connectivity index (χ1) is 17.3. The molecule has 0 aliphatic carbocycles. The molecule has 0 atom stereocenters. The van der Waals surface area contributed by atoms with Crippen molar-refractivity contribution in [2.24, 2.45) is 0 Å². The molecule has 3 rings (SSSR count). The first-order valence-electron chi connectivity index (χ1n) is 11.1. The lowest BCUT2D eigenvalue weighted by molar-refractivity contribution is -0.116. The normalized spacial score (nSPS) is 10.9. The molecule has 0 radical (unpaired) electrons. The second kappa shape index (κ2) is 13.0.